The average molecular weight is 337 g/mol. The summed E-state index contributed by atoms with van der Waals surface area (Å²) >= 11 is 6.21. The summed E-state index contributed by atoms with van der Waals surface area (Å²) in [4.78, 5) is 25.1. The molecule has 7 nitrogen and oxygen atoms in total. The highest BCUT2D eigenvalue weighted by Gasteiger charge is 2.17. The molecule has 0 radical (unpaired) electrons. The van der Waals surface area contributed by atoms with Crippen molar-refractivity contribution in [3.63, 3.8) is 0 Å². The molecule has 0 unspecified atom stereocenters. The van der Waals surface area contributed by atoms with Crippen molar-refractivity contribution in [3.8, 4) is 0 Å². The molecule has 8 heteroatoms. The number of benzene rings is 1. The molecular formula is C15H17ClN4O3. The number of aromatic nitrogens is 2. The minimum atomic E-state index is -1.18. The van der Waals surface area contributed by atoms with E-state index in [0.29, 0.717) is 17.3 Å². The molecule has 0 fully saturated rings. The molecule has 0 aliphatic carbocycles. The minimum Gasteiger partial charge on any atom is -0.476 e. The first-order valence-electron chi connectivity index (χ1n) is 6.79. The van der Waals surface area contributed by atoms with Gasteiger partial charge < -0.3 is 15.3 Å². The van der Waals surface area contributed by atoms with Gasteiger partial charge in [-0.15, -0.1) is 0 Å². The zero-order valence-corrected chi connectivity index (χ0v) is 13.8. The van der Waals surface area contributed by atoms with Crippen LogP contribution in [0.3, 0.4) is 0 Å². The first-order chi connectivity index (χ1) is 10.8. The fourth-order valence-corrected chi connectivity index (χ4v) is 2.31. The van der Waals surface area contributed by atoms with Crippen LogP contribution in [0.2, 0.25) is 5.02 Å². The molecule has 1 aromatic carbocycles. The van der Waals surface area contributed by atoms with E-state index in [1.807, 2.05) is 25.1 Å². The van der Waals surface area contributed by atoms with Crippen molar-refractivity contribution < 1.29 is 14.7 Å². The predicted molar refractivity (Wildman–Crippen MR) is 87.0 cm³/mol. The Morgan fingerprint density at radius 1 is 1.35 bits per heavy atom. The minimum absolute atomic E-state index is 0.149. The van der Waals surface area contributed by atoms with Crippen molar-refractivity contribution in [2.75, 3.05) is 19.4 Å². The van der Waals surface area contributed by atoms with Gasteiger partial charge in [0, 0.05) is 30.4 Å². The second-order valence-electron chi connectivity index (χ2n) is 5.34. The number of amides is 1. The standard InChI is InChI=1S/C15H17ClN4O3/c1-19(2)8-9-4-5-10(6-11(9)16)17-14(21)13-7-12(15(22)23)18-20(13)3/h4-7H,8H2,1-3H3,(H,17,21)(H,22,23). The number of aryl methyl sites for hydroxylation is 1. The summed E-state index contributed by atoms with van der Waals surface area (Å²) in [5.74, 6) is -1.64. The Labute approximate surface area is 138 Å². The SMILES string of the molecule is CN(C)Cc1ccc(NC(=O)c2cc(C(=O)O)nn2C)cc1Cl. The molecule has 1 heterocycles. The Morgan fingerprint density at radius 2 is 2.04 bits per heavy atom. The van der Waals surface area contributed by atoms with Crippen LogP contribution in [0.4, 0.5) is 5.69 Å². The number of halogens is 1. The van der Waals surface area contributed by atoms with Crippen LogP contribution in [0.25, 0.3) is 0 Å². The van der Waals surface area contributed by atoms with E-state index in [9.17, 15) is 9.59 Å². The molecule has 0 bridgehead atoms. The Balaban J connectivity index is 2.17. The summed E-state index contributed by atoms with van der Waals surface area (Å²) in [6.45, 7) is 0.691. The molecule has 0 spiro atoms. The number of rotatable bonds is 5. The van der Waals surface area contributed by atoms with Gasteiger partial charge in [0.25, 0.3) is 5.91 Å². The van der Waals surface area contributed by atoms with E-state index in [2.05, 4.69) is 10.4 Å². The summed E-state index contributed by atoms with van der Waals surface area (Å²) < 4.78 is 1.22. The van der Waals surface area contributed by atoms with Gasteiger partial charge in [-0.3, -0.25) is 9.48 Å². The van der Waals surface area contributed by atoms with Crippen molar-refractivity contribution in [3.05, 3.63) is 46.2 Å². The third-order valence-corrected chi connectivity index (χ3v) is 3.48. The number of nitrogens with one attached hydrogen (secondary N) is 1. The normalized spacial score (nSPS) is 10.8. The molecule has 122 valence electrons. The van der Waals surface area contributed by atoms with Crippen molar-refractivity contribution in [2.45, 2.75) is 6.54 Å². The van der Waals surface area contributed by atoms with Gasteiger partial charge >= 0.3 is 5.97 Å². The Kier molecular flexibility index (Phi) is 5.02. The lowest BCUT2D eigenvalue weighted by atomic mass is 10.2. The summed E-state index contributed by atoms with van der Waals surface area (Å²) in [5, 5.41) is 15.9. The molecule has 1 amide bonds. The molecule has 1 aromatic heterocycles. The Hall–Kier alpha value is -2.38. The van der Waals surface area contributed by atoms with Crippen LogP contribution < -0.4 is 5.32 Å². The molecule has 2 aromatic rings. The third-order valence-electron chi connectivity index (χ3n) is 3.13. The molecule has 0 aliphatic rings. The number of aromatic carboxylic acids is 1. The van der Waals surface area contributed by atoms with Crippen LogP contribution in [-0.4, -0.2) is 45.8 Å². The van der Waals surface area contributed by atoms with E-state index in [1.54, 1.807) is 12.1 Å². The van der Waals surface area contributed by atoms with Crippen LogP contribution in [-0.2, 0) is 13.6 Å². The molecule has 0 atom stereocenters. The second kappa shape index (κ2) is 6.80. The number of carboxylic acid groups (broad SMARTS) is 1. The molecule has 2 rings (SSSR count). The van der Waals surface area contributed by atoms with Crippen LogP contribution >= 0.6 is 11.6 Å². The van der Waals surface area contributed by atoms with Gasteiger partial charge in [-0.05, 0) is 31.8 Å². The third kappa shape index (κ3) is 4.08. The largest absolute Gasteiger partial charge is 0.476 e. The number of nitrogens with zero attached hydrogens (tertiary/aromatic N) is 3. The number of carbonyl (C=O) groups excluding carboxylic acids is 1. The van der Waals surface area contributed by atoms with Gasteiger partial charge in [0.05, 0.1) is 0 Å². The van der Waals surface area contributed by atoms with E-state index < -0.39 is 11.9 Å². The molecule has 2 N–H and O–H groups in total. The fraction of sp³-hybridized carbons (Fsp3) is 0.267. The first-order valence-corrected chi connectivity index (χ1v) is 7.17. The van der Waals surface area contributed by atoms with Crippen LogP contribution in [0.5, 0.6) is 0 Å². The molecule has 0 saturated carbocycles. The number of anilines is 1. The molecule has 0 saturated heterocycles. The van der Waals surface area contributed by atoms with Gasteiger partial charge in [0.1, 0.15) is 5.69 Å². The fourth-order valence-electron chi connectivity index (χ4n) is 2.07. The van der Waals surface area contributed by atoms with Crippen LogP contribution in [0.1, 0.15) is 26.5 Å². The lowest BCUT2D eigenvalue weighted by Gasteiger charge is -2.12. The number of hydrogen-bond acceptors (Lipinski definition) is 4. The van der Waals surface area contributed by atoms with E-state index >= 15 is 0 Å². The predicted octanol–water partition coefficient (Wildman–Crippen LogP) is 2.09. The van der Waals surface area contributed by atoms with Crippen LogP contribution in [0.15, 0.2) is 24.3 Å². The van der Waals surface area contributed by atoms with Gasteiger partial charge in [-0.25, -0.2) is 4.79 Å². The maximum absolute atomic E-state index is 12.2. The molecule has 23 heavy (non-hydrogen) atoms. The highest BCUT2D eigenvalue weighted by molar-refractivity contribution is 6.31. The van der Waals surface area contributed by atoms with E-state index in [0.717, 1.165) is 5.56 Å². The summed E-state index contributed by atoms with van der Waals surface area (Å²) in [6.07, 6.45) is 0. The number of carbonyl (C=O) groups is 2. The zero-order chi connectivity index (χ0) is 17.1. The van der Waals surface area contributed by atoms with Gasteiger partial charge in [-0.1, -0.05) is 17.7 Å². The maximum Gasteiger partial charge on any atom is 0.356 e. The average Bonchev–Trinajstić information content (AvgIpc) is 2.84. The topological polar surface area (TPSA) is 87.5 Å². The maximum atomic E-state index is 12.2. The highest BCUT2D eigenvalue weighted by Crippen LogP contribution is 2.22. The lowest BCUT2D eigenvalue weighted by Crippen LogP contribution is -2.16. The van der Waals surface area contributed by atoms with Crippen LogP contribution in [0, 0.1) is 0 Å². The number of hydrogen-bond donors (Lipinski definition) is 2. The summed E-state index contributed by atoms with van der Waals surface area (Å²) in [5.41, 5.74) is 1.44. The lowest BCUT2D eigenvalue weighted by molar-refractivity contribution is 0.0689. The zero-order valence-electron chi connectivity index (χ0n) is 13.0. The van der Waals surface area contributed by atoms with E-state index in [4.69, 9.17) is 16.7 Å². The monoisotopic (exact) mass is 336 g/mol. The van der Waals surface area contributed by atoms with Crippen molar-refractivity contribution in [2.24, 2.45) is 7.05 Å². The molecular weight excluding hydrogens is 320 g/mol. The van der Waals surface area contributed by atoms with Crippen molar-refractivity contribution in [1.82, 2.24) is 14.7 Å². The van der Waals surface area contributed by atoms with Crippen molar-refractivity contribution in [1.29, 1.82) is 0 Å². The van der Waals surface area contributed by atoms with Gasteiger partial charge in [-0.2, -0.15) is 5.10 Å². The van der Waals surface area contributed by atoms with Crippen molar-refractivity contribution >= 4 is 29.2 Å². The molecule has 0 aliphatic heterocycles. The van der Waals surface area contributed by atoms with E-state index in [1.165, 1.54) is 17.8 Å². The first kappa shape index (κ1) is 17.0. The smallest absolute Gasteiger partial charge is 0.356 e. The van der Waals surface area contributed by atoms with Gasteiger partial charge in [0.15, 0.2) is 5.69 Å². The Bertz CT molecular complexity index is 755. The Morgan fingerprint density at radius 3 is 2.57 bits per heavy atom. The van der Waals surface area contributed by atoms with E-state index in [-0.39, 0.29) is 11.4 Å². The second-order valence-corrected chi connectivity index (χ2v) is 5.75. The number of carboxylic acids is 1. The summed E-state index contributed by atoms with van der Waals surface area (Å²) in [7, 11) is 5.39. The highest BCUT2D eigenvalue weighted by atomic mass is 35.5. The van der Waals surface area contributed by atoms with Gasteiger partial charge in [0.2, 0.25) is 0 Å². The summed E-state index contributed by atoms with van der Waals surface area (Å²) in [6, 6.07) is 6.47. The quantitative estimate of drug-likeness (QED) is 0.873.